The number of hydrogen-bond donors (Lipinski definition) is 2. The molecule has 3 amide bonds. The van der Waals surface area contributed by atoms with Crippen molar-refractivity contribution in [2.24, 2.45) is 0 Å². The van der Waals surface area contributed by atoms with Crippen LogP contribution in [0.15, 0.2) is 60.7 Å². The minimum absolute atomic E-state index is 0.111. The van der Waals surface area contributed by atoms with Crippen molar-refractivity contribution >= 4 is 50.7 Å². The molecule has 1 heterocycles. The highest BCUT2D eigenvalue weighted by Gasteiger charge is 2.25. The lowest BCUT2D eigenvalue weighted by atomic mass is 10.1. The van der Waals surface area contributed by atoms with Crippen LogP contribution in [0.1, 0.15) is 20.8 Å². The Morgan fingerprint density at radius 3 is 2.43 bits per heavy atom. The van der Waals surface area contributed by atoms with Crippen LogP contribution in [0.3, 0.4) is 0 Å². The number of ether oxygens (including phenoxy) is 2. The van der Waals surface area contributed by atoms with Crippen LogP contribution in [0.25, 0.3) is 10.8 Å². The van der Waals surface area contributed by atoms with Crippen LogP contribution in [-0.4, -0.2) is 52.3 Å². The highest BCUT2D eigenvalue weighted by atomic mass is 32.2. The van der Waals surface area contributed by atoms with Gasteiger partial charge >= 0.3 is 0 Å². The molecule has 0 radical (unpaired) electrons. The molecule has 10 heteroatoms. The van der Waals surface area contributed by atoms with E-state index < -0.39 is 33.9 Å². The average molecular weight is 524 g/mol. The fourth-order valence-electron chi connectivity index (χ4n) is 3.94. The first kappa shape index (κ1) is 26.2. The van der Waals surface area contributed by atoms with Crippen molar-refractivity contribution in [3.8, 4) is 11.5 Å². The summed E-state index contributed by atoms with van der Waals surface area (Å²) in [4.78, 5) is 39.9. The second-order valence-electron chi connectivity index (χ2n) is 9.62. The topological polar surface area (TPSA) is 114 Å². The van der Waals surface area contributed by atoms with E-state index >= 15 is 0 Å². The Morgan fingerprint density at radius 2 is 1.65 bits per heavy atom. The molecular weight excluding hydrogens is 494 g/mol. The summed E-state index contributed by atoms with van der Waals surface area (Å²) in [7, 11) is -1.81. The van der Waals surface area contributed by atoms with Gasteiger partial charge in [-0.2, -0.15) is 0 Å². The van der Waals surface area contributed by atoms with Gasteiger partial charge < -0.3 is 25.0 Å². The molecule has 1 aliphatic heterocycles. The van der Waals surface area contributed by atoms with Crippen molar-refractivity contribution in [3.63, 3.8) is 0 Å². The molecule has 2 N–H and O–H groups in total. The zero-order chi connectivity index (χ0) is 26.6. The van der Waals surface area contributed by atoms with Gasteiger partial charge in [0.2, 0.25) is 24.5 Å². The lowest BCUT2D eigenvalue weighted by Crippen LogP contribution is -2.48. The predicted molar refractivity (Wildman–Crippen MR) is 143 cm³/mol. The summed E-state index contributed by atoms with van der Waals surface area (Å²) >= 11 is 0. The standard InChI is InChI=1S/C27H29N3O6S/c1-27(2,3)29-24(31)14-30(21-10-6-8-18-7-4-5-9-20(18)21)26(33)16-37(34)15-25(32)28-19-11-12-22-23(13-19)36-17-35-22/h4-13H,14-17H2,1-3H3,(H,28,32)(H,29,31)/t37-/m0/s1. The van der Waals surface area contributed by atoms with Crippen molar-refractivity contribution in [3.05, 3.63) is 60.7 Å². The second kappa shape index (κ2) is 11.0. The molecule has 1 aliphatic rings. The summed E-state index contributed by atoms with van der Waals surface area (Å²) in [6.45, 7) is 5.42. The largest absolute Gasteiger partial charge is 0.454 e. The Bertz CT molecular complexity index is 1360. The van der Waals surface area contributed by atoms with Crippen LogP contribution in [0.4, 0.5) is 11.4 Å². The molecule has 0 saturated carbocycles. The van der Waals surface area contributed by atoms with E-state index in [-0.39, 0.29) is 25.0 Å². The molecule has 37 heavy (non-hydrogen) atoms. The maximum absolute atomic E-state index is 13.4. The van der Waals surface area contributed by atoms with Gasteiger partial charge in [0.05, 0.1) is 5.69 Å². The molecule has 0 aromatic heterocycles. The van der Waals surface area contributed by atoms with Crippen LogP contribution in [0.2, 0.25) is 0 Å². The molecule has 9 nitrogen and oxygen atoms in total. The monoisotopic (exact) mass is 523 g/mol. The van der Waals surface area contributed by atoms with Gasteiger partial charge in [0.15, 0.2) is 11.5 Å². The number of nitrogens with one attached hydrogen (secondary N) is 2. The normalized spacial score (nSPS) is 13.2. The van der Waals surface area contributed by atoms with E-state index in [0.29, 0.717) is 22.9 Å². The number of benzene rings is 3. The summed E-state index contributed by atoms with van der Waals surface area (Å²) in [6.07, 6.45) is 0. The van der Waals surface area contributed by atoms with Gasteiger partial charge in [-0.3, -0.25) is 18.6 Å². The quantitative estimate of drug-likeness (QED) is 0.469. The summed E-state index contributed by atoms with van der Waals surface area (Å²) in [5, 5.41) is 7.21. The maximum Gasteiger partial charge on any atom is 0.240 e. The maximum atomic E-state index is 13.4. The third kappa shape index (κ3) is 6.85. The van der Waals surface area contributed by atoms with Crippen molar-refractivity contribution in [1.82, 2.24) is 5.32 Å². The van der Waals surface area contributed by atoms with Gasteiger partial charge in [-0.05, 0) is 44.4 Å². The van der Waals surface area contributed by atoms with Crippen LogP contribution in [-0.2, 0) is 25.2 Å². The van der Waals surface area contributed by atoms with Gasteiger partial charge in [0.25, 0.3) is 0 Å². The van der Waals surface area contributed by atoms with Crippen molar-refractivity contribution < 1.29 is 28.1 Å². The van der Waals surface area contributed by atoms with E-state index in [2.05, 4.69) is 10.6 Å². The fraction of sp³-hybridized carbons (Fsp3) is 0.296. The third-order valence-corrected chi connectivity index (χ3v) is 6.56. The van der Waals surface area contributed by atoms with Crippen LogP contribution in [0.5, 0.6) is 11.5 Å². The van der Waals surface area contributed by atoms with E-state index in [1.807, 2.05) is 51.1 Å². The van der Waals surface area contributed by atoms with Crippen molar-refractivity contribution in [2.45, 2.75) is 26.3 Å². The third-order valence-electron chi connectivity index (χ3n) is 5.41. The Kier molecular flexibility index (Phi) is 7.77. The Balaban J connectivity index is 1.47. The van der Waals surface area contributed by atoms with Crippen molar-refractivity contribution in [2.75, 3.05) is 35.1 Å². The minimum atomic E-state index is -1.81. The smallest absolute Gasteiger partial charge is 0.240 e. The van der Waals surface area contributed by atoms with Gasteiger partial charge in [0.1, 0.15) is 18.1 Å². The Labute approximate surface area is 217 Å². The first-order valence-electron chi connectivity index (χ1n) is 11.7. The average Bonchev–Trinajstić information content (AvgIpc) is 3.29. The predicted octanol–water partition coefficient (Wildman–Crippen LogP) is 3.20. The number of nitrogens with zero attached hydrogens (tertiary/aromatic N) is 1. The van der Waals surface area contributed by atoms with Gasteiger partial charge in [0, 0.05) is 33.5 Å². The van der Waals surface area contributed by atoms with Gasteiger partial charge in [-0.1, -0.05) is 36.4 Å². The molecule has 0 unspecified atom stereocenters. The van der Waals surface area contributed by atoms with Gasteiger partial charge in [-0.25, -0.2) is 0 Å². The van der Waals surface area contributed by atoms with Crippen LogP contribution < -0.4 is 25.0 Å². The number of amides is 3. The minimum Gasteiger partial charge on any atom is -0.454 e. The Morgan fingerprint density at radius 1 is 0.919 bits per heavy atom. The second-order valence-corrected chi connectivity index (χ2v) is 11.1. The number of carbonyl (C=O) groups excluding carboxylic acids is 3. The van der Waals surface area contributed by atoms with E-state index in [0.717, 1.165) is 10.8 Å². The molecule has 0 aliphatic carbocycles. The summed E-state index contributed by atoms with van der Waals surface area (Å²) in [6, 6.07) is 17.9. The molecule has 0 saturated heterocycles. The molecular formula is C27H29N3O6S. The molecule has 194 valence electrons. The van der Waals surface area contributed by atoms with Crippen LogP contribution >= 0.6 is 0 Å². The number of carbonyl (C=O) groups is 3. The lowest BCUT2D eigenvalue weighted by molar-refractivity contribution is -0.124. The van der Waals surface area contributed by atoms with Crippen LogP contribution in [0, 0.1) is 0 Å². The summed E-state index contributed by atoms with van der Waals surface area (Å²) in [5.41, 5.74) is 0.517. The highest BCUT2D eigenvalue weighted by molar-refractivity contribution is 7.86. The SMILES string of the molecule is CC(C)(C)NC(=O)CN(C(=O)C[S@@](=O)CC(=O)Nc1ccc2c(c1)OCO2)c1cccc2ccccc12. The highest BCUT2D eigenvalue weighted by Crippen LogP contribution is 2.34. The summed E-state index contributed by atoms with van der Waals surface area (Å²) in [5.74, 6) is -1.08. The van der Waals surface area contributed by atoms with E-state index in [1.54, 1.807) is 30.3 Å². The fourth-order valence-corrected chi connectivity index (χ4v) is 4.83. The molecule has 1 atom stereocenters. The number of anilines is 2. The summed E-state index contributed by atoms with van der Waals surface area (Å²) < 4.78 is 23.4. The lowest BCUT2D eigenvalue weighted by Gasteiger charge is -2.27. The van der Waals surface area contributed by atoms with E-state index in [1.165, 1.54) is 4.90 Å². The van der Waals surface area contributed by atoms with E-state index in [9.17, 15) is 18.6 Å². The molecule has 4 rings (SSSR count). The molecule has 0 spiro atoms. The number of fused-ring (bicyclic) bond motifs is 2. The first-order chi connectivity index (χ1) is 17.6. The molecule has 3 aromatic rings. The molecule has 3 aromatic carbocycles. The number of rotatable bonds is 8. The van der Waals surface area contributed by atoms with Crippen molar-refractivity contribution in [1.29, 1.82) is 0 Å². The Hall–Kier alpha value is -3.92. The van der Waals surface area contributed by atoms with Gasteiger partial charge in [-0.15, -0.1) is 0 Å². The number of hydrogen-bond acceptors (Lipinski definition) is 6. The van der Waals surface area contributed by atoms with E-state index in [4.69, 9.17) is 9.47 Å². The molecule has 0 fully saturated rings. The zero-order valence-electron chi connectivity index (χ0n) is 20.9. The molecule has 0 bridgehead atoms. The first-order valence-corrected chi connectivity index (χ1v) is 13.2. The zero-order valence-corrected chi connectivity index (χ0v) is 21.7.